The number of carbonyl (C=O) groups excluding carboxylic acids is 1. The number of nitrogens with one attached hydrogen (secondary N) is 1. The highest BCUT2D eigenvalue weighted by molar-refractivity contribution is 6.30. The van der Waals surface area contributed by atoms with Crippen LogP contribution in [0, 0.1) is 5.82 Å². The lowest BCUT2D eigenvalue weighted by Crippen LogP contribution is -2.37. The second-order valence-corrected chi connectivity index (χ2v) is 7.29. The van der Waals surface area contributed by atoms with Crippen LogP contribution in [-0.4, -0.2) is 32.2 Å². The summed E-state index contributed by atoms with van der Waals surface area (Å²) in [6.45, 7) is 6.15. The molecule has 1 aliphatic heterocycles. The third-order valence-corrected chi connectivity index (χ3v) is 4.94. The molecular weight excluding hydrogens is 355 g/mol. The molecule has 0 unspecified atom stereocenters. The zero-order valence-corrected chi connectivity index (χ0v) is 15.6. The zero-order valence-electron chi connectivity index (χ0n) is 14.9. The molecule has 1 aliphatic rings. The van der Waals surface area contributed by atoms with Gasteiger partial charge in [-0.1, -0.05) is 23.7 Å². The Balaban J connectivity index is 1.74. The van der Waals surface area contributed by atoms with Crippen LogP contribution in [0.5, 0.6) is 0 Å². The molecule has 0 radical (unpaired) electrons. The summed E-state index contributed by atoms with van der Waals surface area (Å²) in [5.41, 5.74) is 1.03. The fourth-order valence-electron chi connectivity index (χ4n) is 2.93. The van der Waals surface area contributed by atoms with Crippen LogP contribution in [0.3, 0.4) is 0 Å². The Morgan fingerprint density at radius 1 is 1.15 bits per heavy atom. The van der Waals surface area contributed by atoms with Gasteiger partial charge in [-0.2, -0.15) is 0 Å². The zero-order chi connectivity index (χ0) is 18.7. The molecule has 0 atom stereocenters. The summed E-state index contributed by atoms with van der Waals surface area (Å²) >= 11 is 5.91. The largest absolute Gasteiger partial charge is 0.378 e. The molecule has 4 nitrogen and oxygen atoms in total. The normalized spacial score (nSPS) is 15.0. The number of anilines is 2. The lowest BCUT2D eigenvalue weighted by molar-refractivity contribution is -0.120. The third kappa shape index (κ3) is 4.00. The van der Waals surface area contributed by atoms with Crippen molar-refractivity contribution < 1.29 is 13.9 Å². The van der Waals surface area contributed by atoms with Crippen LogP contribution in [0.1, 0.15) is 19.4 Å². The Morgan fingerprint density at radius 2 is 1.81 bits per heavy atom. The number of morpholine rings is 1. The molecule has 2 aromatic carbocycles. The predicted molar refractivity (Wildman–Crippen MR) is 103 cm³/mol. The number of halogens is 2. The van der Waals surface area contributed by atoms with Crippen molar-refractivity contribution in [2.75, 3.05) is 36.5 Å². The first kappa shape index (κ1) is 18.7. The monoisotopic (exact) mass is 376 g/mol. The van der Waals surface area contributed by atoms with Crippen molar-refractivity contribution >= 4 is 28.9 Å². The minimum absolute atomic E-state index is 0.210. The number of nitrogens with zero attached hydrogens (tertiary/aromatic N) is 1. The highest BCUT2D eigenvalue weighted by Crippen LogP contribution is 2.28. The van der Waals surface area contributed by atoms with Crippen LogP contribution < -0.4 is 10.2 Å². The molecule has 0 saturated carbocycles. The molecule has 1 amide bonds. The molecule has 0 bridgehead atoms. The van der Waals surface area contributed by atoms with Gasteiger partial charge in [-0.15, -0.1) is 0 Å². The van der Waals surface area contributed by atoms with Crippen molar-refractivity contribution in [3.8, 4) is 0 Å². The van der Waals surface area contributed by atoms with Gasteiger partial charge in [0, 0.05) is 23.8 Å². The van der Waals surface area contributed by atoms with Gasteiger partial charge in [0.2, 0.25) is 5.91 Å². The number of amides is 1. The van der Waals surface area contributed by atoms with Crippen molar-refractivity contribution in [1.82, 2.24) is 0 Å². The summed E-state index contributed by atoms with van der Waals surface area (Å²) in [7, 11) is 0. The Bertz CT molecular complexity index is 787. The van der Waals surface area contributed by atoms with E-state index in [-0.39, 0.29) is 11.7 Å². The van der Waals surface area contributed by atoms with Gasteiger partial charge in [0.15, 0.2) is 0 Å². The minimum Gasteiger partial charge on any atom is -0.378 e. The molecule has 0 aromatic heterocycles. The number of carbonyl (C=O) groups is 1. The quantitative estimate of drug-likeness (QED) is 0.868. The van der Waals surface area contributed by atoms with E-state index in [0.29, 0.717) is 42.7 Å². The highest BCUT2D eigenvalue weighted by atomic mass is 35.5. The smallest absolute Gasteiger partial charge is 0.234 e. The molecule has 1 saturated heterocycles. The molecule has 3 rings (SSSR count). The SMILES string of the molecule is CC(C)(C(=O)Nc1ccc(N2CCOCC2)c(F)c1)c1ccc(Cl)cc1. The van der Waals surface area contributed by atoms with E-state index in [1.165, 1.54) is 6.07 Å². The number of ether oxygens (including phenoxy) is 1. The van der Waals surface area contributed by atoms with E-state index in [2.05, 4.69) is 5.32 Å². The molecule has 6 heteroatoms. The number of hydrogen-bond acceptors (Lipinski definition) is 3. The average Bonchev–Trinajstić information content (AvgIpc) is 2.63. The minimum atomic E-state index is -0.774. The van der Waals surface area contributed by atoms with Crippen LogP contribution in [0.2, 0.25) is 5.02 Å². The van der Waals surface area contributed by atoms with E-state index in [4.69, 9.17) is 16.3 Å². The topological polar surface area (TPSA) is 41.6 Å². The van der Waals surface area contributed by atoms with E-state index >= 15 is 0 Å². The molecular formula is C20H22ClFN2O2. The summed E-state index contributed by atoms with van der Waals surface area (Å²) in [5, 5.41) is 3.43. The average molecular weight is 377 g/mol. The molecule has 26 heavy (non-hydrogen) atoms. The van der Waals surface area contributed by atoms with Crippen LogP contribution >= 0.6 is 11.6 Å². The maximum atomic E-state index is 14.5. The maximum Gasteiger partial charge on any atom is 0.234 e. The van der Waals surface area contributed by atoms with E-state index < -0.39 is 5.41 Å². The van der Waals surface area contributed by atoms with Crippen LogP contribution in [0.4, 0.5) is 15.8 Å². The first-order chi connectivity index (χ1) is 12.4. The fraction of sp³-hybridized carbons (Fsp3) is 0.350. The summed E-state index contributed by atoms with van der Waals surface area (Å²) in [6.07, 6.45) is 0. The Morgan fingerprint density at radius 3 is 2.42 bits per heavy atom. The summed E-state index contributed by atoms with van der Waals surface area (Å²) in [4.78, 5) is 14.7. The van der Waals surface area contributed by atoms with Crippen molar-refractivity contribution in [1.29, 1.82) is 0 Å². The Hall–Kier alpha value is -2.11. The van der Waals surface area contributed by atoms with Gasteiger partial charge >= 0.3 is 0 Å². The van der Waals surface area contributed by atoms with Gasteiger partial charge in [-0.3, -0.25) is 4.79 Å². The van der Waals surface area contributed by atoms with E-state index in [9.17, 15) is 9.18 Å². The second kappa shape index (κ2) is 7.64. The lowest BCUT2D eigenvalue weighted by atomic mass is 9.83. The van der Waals surface area contributed by atoms with Crippen molar-refractivity contribution in [3.05, 3.63) is 58.9 Å². The standard InChI is InChI=1S/C20H22ClFN2O2/c1-20(2,14-3-5-15(21)6-4-14)19(25)23-16-7-8-18(17(22)13-16)24-9-11-26-12-10-24/h3-8,13H,9-12H2,1-2H3,(H,23,25). The molecule has 0 aliphatic carbocycles. The van der Waals surface area contributed by atoms with E-state index in [1.807, 2.05) is 30.9 Å². The van der Waals surface area contributed by atoms with Gasteiger partial charge in [0.25, 0.3) is 0 Å². The highest BCUT2D eigenvalue weighted by Gasteiger charge is 2.30. The van der Waals surface area contributed by atoms with Crippen LogP contribution in [-0.2, 0) is 14.9 Å². The molecule has 1 heterocycles. The summed E-state index contributed by atoms with van der Waals surface area (Å²) in [6, 6.07) is 11.9. The number of hydrogen-bond donors (Lipinski definition) is 1. The fourth-order valence-corrected chi connectivity index (χ4v) is 3.06. The number of benzene rings is 2. The van der Waals surface area contributed by atoms with Gasteiger partial charge in [0.05, 0.1) is 24.3 Å². The Labute approximate surface area is 157 Å². The summed E-state index contributed by atoms with van der Waals surface area (Å²) < 4.78 is 19.8. The Kier molecular flexibility index (Phi) is 5.49. The first-order valence-electron chi connectivity index (χ1n) is 8.57. The van der Waals surface area contributed by atoms with Gasteiger partial charge in [-0.25, -0.2) is 4.39 Å². The molecule has 2 aromatic rings. The van der Waals surface area contributed by atoms with Gasteiger partial charge in [-0.05, 0) is 49.7 Å². The van der Waals surface area contributed by atoms with Gasteiger partial charge < -0.3 is 15.0 Å². The molecule has 0 spiro atoms. The van der Waals surface area contributed by atoms with Crippen molar-refractivity contribution in [2.45, 2.75) is 19.3 Å². The summed E-state index contributed by atoms with van der Waals surface area (Å²) in [5.74, 6) is -0.563. The molecule has 138 valence electrons. The predicted octanol–water partition coefficient (Wildman–Crippen LogP) is 4.23. The van der Waals surface area contributed by atoms with Crippen LogP contribution in [0.25, 0.3) is 0 Å². The van der Waals surface area contributed by atoms with Crippen molar-refractivity contribution in [3.63, 3.8) is 0 Å². The lowest BCUT2D eigenvalue weighted by Gasteiger charge is -2.29. The third-order valence-electron chi connectivity index (χ3n) is 4.69. The van der Waals surface area contributed by atoms with E-state index in [0.717, 1.165) is 5.56 Å². The van der Waals surface area contributed by atoms with Gasteiger partial charge in [0.1, 0.15) is 5.82 Å². The van der Waals surface area contributed by atoms with E-state index in [1.54, 1.807) is 24.3 Å². The second-order valence-electron chi connectivity index (χ2n) is 6.85. The maximum absolute atomic E-state index is 14.5. The molecule has 1 fully saturated rings. The van der Waals surface area contributed by atoms with Crippen LogP contribution in [0.15, 0.2) is 42.5 Å². The molecule has 1 N–H and O–H groups in total. The first-order valence-corrected chi connectivity index (χ1v) is 8.95. The van der Waals surface area contributed by atoms with Crippen molar-refractivity contribution in [2.24, 2.45) is 0 Å². The number of rotatable bonds is 4.